The van der Waals surface area contributed by atoms with Gasteiger partial charge in [0.2, 0.25) is 5.91 Å². The number of aromatic nitrogens is 1. The van der Waals surface area contributed by atoms with Crippen LogP contribution in [0.25, 0.3) is 10.2 Å². The molecule has 2 heterocycles. The molecular weight excluding hydrogens is 322 g/mol. The van der Waals surface area contributed by atoms with Gasteiger partial charge in [0.25, 0.3) is 0 Å². The first kappa shape index (κ1) is 17.3. The summed E-state index contributed by atoms with van der Waals surface area (Å²) >= 11 is 1.61. The van der Waals surface area contributed by atoms with E-state index >= 15 is 0 Å². The van der Waals surface area contributed by atoms with Crippen molar-refractivity contribution in [3.8, 4) is 0 Å². The van der Waals surface area contributed by atoms with Crippen LogP contribution in [0.1, 0.15) is 25.3 Å². The van der Waals surface area contributed by atoms with E-state index in [1.54, 1.807) is 11.3 Å². The normalized spacial score (nSPS) is 15.8. The molecule has 6 heteroatoms. The summed E-state index contributed by atoms with van der Waals surface area (Å²) in [5.74, 6) is 0.168. The van der Waals surface area contributed by atoms with Crippen LogP contribution in [0.15, 0.2) is 18.2 Å². The highest BCUT2D eigenvalue weighted by atomic mass is 32.1. The average Bonchev–Trinajstić information content (AvgIpc) is 2.99. The Kier molecular flexibility index (Phi) is 5.81. The molecule has 0 atom stereocenters. The Hall–Kier alpha value is -1.50. The third-order valence-corrected chi connectivity index (χ3v) is 5.31. The number of carbonyl (C=O) groups excluding carboxylic acids is 1. The molecule has 1 fully saturated rings. The van der Waals surface area contributed by atoms with Crippen LogP contribution < -0.4 is 4.90 Å². The van der Waals surface area contributed by atoms with Crippen LogP contribution in [-0.4, -0.2) is 55.2 Å². The molecule has 0 N–H and O–H groups in total. The second-order valence-electron chi connectivity index (χ2n) is 6.22. The van der Waals surface area contributed by atoms with E-state index in [0.29, 0.717) is 13.0 Å². The highest BCUT2D eigenvalue weighted by Gasteiger charge is 2.20. The van der Waals surface area contributed by atoms with Gasteiger partial charge in [-0.3, -0.25) is 14.6 Å². The molecule has 1 amide bonds. The van der Waals surface area contributed by atoms with Gasteiger partial charge in [-0.1, -0.05) is 24.3 Å². The molecule has 2 aromatic rings. The number of ether oxygens (including phenoxy) is 1. The lowest BCUT2D eigenvalue weighted by Crippen LogP contribution is -2.43. The topological polar surface area (TPSA) is 45.7 Å². The van der Waals surface area contributed by atoms with Crippen molar-refractivity contribution in [1.82, 2.24) is 9.88 Å². The number of anilines is 1. The lowest BCUT2D eigenvalue weighted by Gasteiger charge is -2.29. The SMILES string of the molecule is CCCC(=O)N(CCN1CCOCC1)c1nc2ccc(C)cc2s1. The number of carbonyl (C=O) groups is 1. The molecule has 3 rings (SSSR count). The molecule has 24 heavy (non-hydrogen) atoms. The summed E-state index contributed by atoms with van der Waals surface area (Å²) < 4.78 is 6.54. The summed E-state index contributed by atoms with van der Waals surface area (Å²) in [6.45, 7) is 9.12. The molecule has 1 aromatic carbocycles. The van der Waals surface area contributed by atoms with E-state index in [9.17, 15) is 4.79 Å². The van der Waals surface area contributed by atoms with E-state index in [1.165, 1.54) is 5.56 Å². The van der Waals surface area contributed by atoms with Gasteiger partial charge in [0.1, 0.15) is 0 Å². The fourth-order valence-corrected chi connectivity index (χ4v) is 3.98. The van der Waals surface area contributed by atoms with Gasteiger partial charge in [0.05, 0.1) is 23.4 Å². The molecule has 1 aliphatic heterocycles. The number of thiazole rings is 1. The average molecular weight is 347 g/mol. The predicted octanol–water partition coefficient (Wildman–Crippen LogP) is 3.07. The van der Waals surface area contributed by atoms with E-state index in [2.05, 4.69) is 24.0 Å². The van der Waals surface area contributed by atoms with Gasteiger partial charge < -0.3 is 4.74 Å². The molecule has 1 aromatic heterocycles. The van der Waals surface area contributed by atoms with E-state index < -0.39 is 0 Å². The van der Waals surface area contributed by atoms with Gasteiger partial charge in [-0.05, 0) is 31.0 Å². The maximum absolute atomic E-state index is 12.6. The van der Waals surface area contributed by atoms with Gasteiger partial charge in [-0.25, -0.2) is 4.98 Å². The molecular formula is C18H25N3O2S. The minimum Gasteiger partial charge on any atom is -0.379 e. The largest absolute Gasteiger partial charge is 0.379 e. The molecule has 130 valence electrons. The van der Waals surface area contributed by atoms with Gasteiger partial charge in [0, 0.05) is 32.6 Å². The number of morpholine rings is 1. The van der Waals surface area contributed by atoms with E-state index in [1.807, 2.05) is 17.9 Å². The van der Waals surface area contributed by atoms with E-state index in [0.717, 1.165) is 54.6 Å². The number of nitrogens with zero attached hydrogens (tertiary/aromatic N) is 3. The molecule has 0 bridgehead atoms. The van der Waals surface area contributed by atoms with Crippen molar-refractivity contribution in [2.45, 2.75) is 26.7 Å². The fourth-order valence-electron chi connectivity index (χ4n) is 2.88. The minimum absolute atomic E-state index is 0.168. The number of hydrogen-bond donors (Lipinski definition) is 0. The Morgan fingerprint density at radius 1 is 1.38 bits per heavy atom. The Morgan fingerprint density at radius 3 is 2.92 bits per heavy atom. The Labute approximate surface area is 147 Å². The van der Waals surface area contributed by atoms with Crippen molar-refractivity contribution < 1.29 is 9.53 Å². The smallest absolute Gasteiger partial charge is 0.228 e. The van der Waals surface area contributed by atoms with Crippen molar-refractivity contribution in [2.24, 2.45) is 0 Å². The Balaban J connectivity index is 1.78. The maximum Gasteiger partial charge on any atom is 0.228 e. The van der Waals surface area contributed by atoms with Crippen LogP contribution in [0.4, 0.5) is 5.13 Å². The number of benzene rings is 1. The zero-order chi connectivity index (χ0) is 16.9. The zero-order valence-electron chi connectivity index (χ0n) is 14.5. The number of aryl methyl sites for hydroxylation is 1. The molecule has 5 nitrogen and oxygen atoms in total. The lowest BCUT2D eigenvalue weighted by molar-refractivity contribution is -0.118. The number of fused-ring (bicyclic) bond motifs is 1. The van der Waals surface area contributed by atoms with Gasteiger partial charge in [-0.15, -0.1) is 0 Å². The Morgan fingerprint density at radius 2 is 2.17 bits per heavy atom. The maximum atomic E-state index is 12.6. The first-order chi connectivity index (χ1) is 11.7. The first-order valence-corrected chi connectivity index (χ1v) is 9.46. The second-order valence-corrected chi connectivity index (χ2v) is 7.23. The fraction of sp³-hybridized carbons (Fsp3) is 0.556. The number of amides is 1. The molecule has 0 saturated carbocycles. The first-order valence-electron chi connectivity index (χ1n) is 8.65. The summed E-state index contributed by atoms with van der Waals surface area (Å²) in [4.78, 5) is 21.5. The highest BCUT2D eigenvalue weighted by Crippen LogP contribution is 2.30. The van der Waals surface area contributed by atoms with Crippen LogP contribution in [0.5, 0.6) is 0 Å². The standard InChI is InChI=1S/C18H25N3O2S/c1-3-4-17(22)21(8-7-20-9-11-23-12-10-20)18-19-15-6-5-14(2)13-16(15)24-18/h5-6,13H,3-4,7-12H2,1-2H3. The number of rotatable bonds is 6. The van der Waals surface area contributed by atoms with Crippen molar-refractivity contribution in [3.05, 3.63) is 23.8 Å². The third-order valence-electron chi connectivity index (χ3n) is 4.27. The molecule has 0 unspecified atom stereocenters. The van der Waals surface area contributed by atoms with Gasteiger partial charge in [-0.2, -0.15) is 0 Å². The summed E-state index contributed by atoms with van der Waals surface area (Å²) in [5, 5.41) is 0.822. The number of hydrogen-bond acceptors (Lipinski definition) is 5. The summed E-state index contributed by atoms with van der Waals surface area (Å²) in [6, 6.07) is 6.24. The van der Waals surface area contributed by atoms with Crippen molar-refractivity contribution in [1.29, 1.82) is 0 Å². The summed E-state index contributed by atoms with van der Waals surface area (Å²) in [5.41, 5.74) is 2.19. The predicted molar refractivity (Wildman–Crippen MR) is 98.9 cm³/mol. The van der Waals surface area contributed by atoms with Crippen LogP contribution in [-0.2, 0) is 9.53 Å². The van der Waals surface area contributed by atoms with Crippen molar-refractivity contribution in [2.75, 3.05) is 44.3 Å². The molecule has 1 aliphatic rings. The van der Waals surface area contributed by atoms with Crippen molar-refractivity contribution >= 4 is 32.6 Å². The van der Waals surface area contributed by atoms with Crippen LogP contribution in [0.2, 0.25) is 0 Å². The highest BCUT2D eigenvalue weighted by molar-refractivity contribution is 7.22. The molecule has 0 aliphatic carbocycles. The summed E-state index contributed by atoms with van der Waals surface area (Å²) in [6.07, 6.45) is 1.43. The van der Waals surface area contributed by atoms with Crippen LogP contribution >= 0.6 is 11.3 Å². The van der Waals surface area contributed by atoms with Crippen LogP contribution in [0.3, 0.4) is 0 Å². The monoisotopic (exact) mass is 347 g/mol. The minimum atomic E-state index is 0.168. The zero-order valence-corrected chi connectivity index (χ0v) is 15.3. The molecule has 1 saturated heterocycles. The Bertz CT molecular complexity index is 695. The van der Waals surface area contributed by atoms with Gasteiger partial charge in [0.15, 0.2) is 5.13 Å². The quantitative estimate of drug-likeness (QED) is 0.806. The van der Waals surface area contributed by atoms with E-state index in [4.69, 9.17) is 9.72 Å². The van der Waals surface area contributed by atoms with Crippen molar-refractivity contribution in [3.63, 3.8) is 0 Å². The molecule has 0 spiro atoms. The third kappa shape index (κ3) is 4.12. The van der Waals surface area contributed by atoms with Crippen LogP contribution in [0, 0.1) is 6.92 Å². The van der Waals surface area contributed by atoms with E-state index in [-0.39, 0.29) is 5.91 Å². The molecule has 0 radical (unpaired) electrons. The second kappa shape index (κ2) is 8.05. The lowest BCUT2D eigenvalue weighted by atomic mass is 10.2. The summed E-state index contributed by atoms with van der Waals surface area (Å²) in [7, 11) is 0. The van der Waals surface area contributed by atoms with Gasteiger partial charge >= 0.3 is 0 Å².